The Hall–Kier alpha value is -0.710. The number of nitrogens with zero attached hydrogens (tertiary/aromatic N) is 1. The van der Waals surface area contributed by atoms with Crippen LogP contribution in [0.3, 0.4) is 0 Å². The molecule has 112 valence electrons. The Morgan fingerprint density at radius 1 is 1.40 bits per heavy atom. The van der Waals surface area contributed by atoms with Gasteiger partial charge in [-0.05, 0) is 24.1 Å². The third kappa shape index (κ3) is 4.14. The van der Waals surface area contributed by atoms with Gasteiger partial charge in [0.1, 0.15) is 5.75 Å². The van der Waals surface area contributed by atoms with Crippen molar-refractivity contribution in [1.82, 2.24) is 4.90 Å². The second-order valence-electron chi connectivity index (χ2n) is 5.35. The van der Waals surface area contributed by atoms with Gasteiger partial charge in [-0.1, -0.05) is 26.0 Å². The molecule has 0 amide bonds. The molecular weight excluding hydrogens is 268 g/mol. The Labute approximate surface area is 126 Å². The lowest BCUT2D eigenvalue weighted by Crippen LogP contribution is -2.42. The van der Waals surface area contributed by atoms with Crippen LogP contribution in [-0.2, 0) is 0 Å². The van der Waals surface area contributed by atoms with Crippen molar-refractivity contribution in [3.8, 4) is 5.75 Å². The molecule has 2 atom stereocenters. The van der Waals surface area contributed by atoms with Gasteiger partial charge < -0.3 is 10.5 Å². The van der Waals surface area contributed by atoms with Gasteiger partial charge in [-0.3, -0.25) is 4.90 Å². The molecule has 1 aromatic carbocycles. The van der Waals surface area contributed by atoms with E-state index in [1.165, 1.54) is 11.3 Å². The monoisotopic (exact) mass is 294 g/mol. The molecule has 1 saturated heterocycles. The van der Waals surface area contributed by atoms with Gasteiger partial charge in [0, 0.05) is 36.7 Å². The van der Waals surface area contributed by atoms with E-state index < -0.39 is 0 Å². The summed E-state index contributed by atoms with van der Waals surface area (Å²) in [6.45, 7) is 8.12. The minimum Gasteiger partial charge on any atom is -0.494 e. The van der Waals surface area contributed by atoms with Gasteiger partial charge in [0.25, 0.3) is 0 Å². The quantitative estimate of drug-likeness (QED) is 0.875. The Balaban J connectivity index is 2.03. The molecule has 1 heterocycles. The lowest BCUT2D eigenvalue weighted by atomic mass is 10.0. The Morgan fingerprint density at radius 2 is 2.15 bits per heavy atom. The maximum atomic E-state index is 6.02. The number of ether oxygens (including phenoxy) is 1. The molecule has 1 aliphatic rings. The average Bonchev–Trinajstić information content (AvgIpc) is 2.47. The Kier molecular flexibility index (Phi) is 6.20. The Bertz CT molecular complexity index is 396. The van der Waals surface area contributed by atoms with Crippen LogP contribution in [0.25, 0.3) is 0 Å². The number of benzene rings is 1. The van der Waals surface area contributed by atoms with Crippen molar-refractivity contribution < 1.29 is 4.74 Å². The van der Waals surface area contributed by atoms with Crippen molar-refractivity contribution >= 4 is 11.8 Å². The number of hydrogen-bond donors (Lipinski definition) is 1. The number of thioether (sulfide) groups is 1. The SMILES string of the molecule is CCCOc1ccc(C(CN)N2CCSC(C)C2)cc1. The summed E-state index contributed by atoms with van der Waals surface area (Å²) in [7, 11) is 0. The molecule has 0 spiro atoms. The molecule has 0 aliphatic carbocycles. The van der Waals surface area contributed by atoms with Gasteiger partial charge in [-0.15, -0.1) is 0 Å². The smallest absolute Gasteiger partial charge is 0.119 e. The van der Waals surface area contributed by atoms with E-state index in [2.05, 4.69) is 54.8 Å². The summed E-state index contributed by atoms with van der Waals surface area (Å²) in [6, 6.07) is 8.79. The molecule has 20 heavy (non-hydrogen) atoms. The van der Waals surface area contributed by atoms with Crippen molar-refractivity contribution in [2.45, 2.75) is 31.6 Å². The van der Waals surface area contributed by atoms with Crippen molar-refractivity contribution in [2.75, 3.05) is 32.0 Å². The zero-order valence-corrected chi connectivity index (χ0v) is 13.4. The van der Waals surface area contributed by atoms with Crippen LogP contribution < -0.4 is 10.5 Å². The van der Waals surface area contributed by atoms with E-state index in [-0.39, 0.29) is 0 Å². The standard InChI is InChI=1S/C16H26N2OS/c1-3-9-19-15-6-4-14(5-7-15)16(11-17)18-8-10-20-13(2)12-18/h4-7,13,16H,3,8-12,17H2,1-2H3. The highest BCUT2D eigenvalue weighted by molar-refractivity contribution is 7.99. The van der Waals surface area contributed by atoms with Crippen LogP contribution in [0, 0.1) is 0 Å². The van der Waals surface area contributed by atoms with Crippen LogP contribution in [0.5, 0.6) is 5.75 Å². The molecule has 0 bridgehead atoms. The predicted octanol–water partition coefficient (Wildman–Crippen LogP) is 2.91. The van der Waals surface area contributed by atoms with Crippen molar-refractivity contribution in [3.63, 3.8) is 0 Å². The van der Waals surface area contributed by atoms with Gasteiger partial charge >= 0.3 is 0 Å². The van der Waals surface area contributed by atoms with Gasteiger partial charge in [0.05, 0.1) is 6.61 Å². The molecule has 2 unspecified atom stereocenters. The first kappa shape index (κ1) is 15.7. The first-order chi connectivity index (χ1) is 9.74. The summed E-state index contributed by atoms with van der Waals surface area (Å²) in [6.07, 6.45) is 1.04. The average molecular weight is 294 g/mol. The summed E-state index contributed by atoms with van der Waals surface area (Å²) in [4.78, 5) is 2.52. The Morgan fingerprint density at radius 3 is 2.75 bits per heavy atom. The fourth-order valence-electron chi connectivity index (χ4n) is 2.63. The highest BCUT2D eigenvalue weighted by atomic mass is 32.2. The molecule has 0 radical (unpaired) electrons. The van der Waals surface area contributed by atoms with Gasteiger partial charge in [-0.25, -0.2) is 0 Å². The van der Waals surface area contributed by atoms with Crippen LogP contribution in [0.1, 0.15) is 31.9 Å². The number of rotatable bonds is 6. The molecule has 4 heteroatoms. The van der Waals surface area contributed by atoms with Crippen molar-refractivity contribution in [1.29, 1.82) is 0 Å². The van der Waals surface area contributed by atoms with Crippen molar-refractivity contribution in [2.24, 2.45) is 5.73 Å². The third-order valence-corrected chi connectivity index (χ3v) is 4.81. The second-order valence-corrected chi connectivity index (χ2v) is 6.89. The molecule has 1 aliphatic heterocycles. The molecule has 3 nitrogen and oxygen atoms in total. The summed E-state index contributed by atoms with van der Waals surface area (Å²) in [5.74, 6) is 2.16. The summed E-state index contributed by atoms with van der Waals surface area (Å²) < 4.78 is 5.64. The normalized spacial score (nSPS) is 21.6. The topological polar surface area (TPSA) is 38.5 Å². The van der Waals surface area contributed by atoms with Gasteiger partial charge in [0.15, 0.2) is 0 Å². The third-order valence-electron chi connectivity index (χ3n) is 3.67. The van der Waals surface area contributed by atoms with E-state index >= 15 is 0 Å². The maximum absolute atomic E-state index is 6.02. The van der Waals surface area contributed by atoms with Crippen LogP contribution in [-0.4, -0.2) is 42.1 Å². The van der Waals surface area contributed by atoms with E-state index in [1.807, 2.05) is 0 Å². The zero-order chi connectivity index (χ0) is 14.4. The molecule has 2 N–H and O–H groups in total. The minimum atomic E-state index is 0.332. The van der Waals surface area contributed by atoms with E-state index in [4.69, 9.17) is 10.5 Å². The molecule has 1 fully saturated rings. The van der Waals surface area contributed by atoms with Crippen molar-refractivity contribution in [3.05, 3.63) is 29.8 Å². The molecule has 2 rings (SSSR count). The highest BCUT2D eigenvalue weighted by Crippen LogP contribution is 2.27. The fraction of sp³-hybridized carbons (Fsp3) is 0.625. The molecular formula is C16H26N2OS. The predicted molar refractivity (Wildman–Crippen MR) is 87.5 cm³/mol. The van der Waals surface area contributed by atoms with Crippen LogP contribution >= 0.6 is 11.8 Å². The number of nitrogens with two attached hydrogens (primary N) is 1. The van der Waals surface area contributed by atoms with E-state index in [9.17, 15) is 0 Å². The maximum Gasteiger partial charge on any atom is 0.119 e. The van der Waals surface area contributed by atoms with E-state index in [0.29, 0.717) is 17.8 Å². The van der Waals surface area contributed by atoms with Crippen LogP contribution in [0.2, 0.25) is 0 Å². The summed E-state index contributed by atoms with van der Waals surface area (Å²) in [5.41, 5.74) is 7.32. The lowest BCUT2D eigenvalue weighted by Gasteiger charge is -2.36. The molecule has 0 saturated carbocycles. The highest BCUT2D eigenvalue weighted by Gasteiger charge is 2.24. The molecule has 1 aromatic rings. The fourth-order valence-corrected chi connectivity index (χ4v) is 3.67. The molecule has 0 aromatic heterocycles. The zero-order valence-electron chi connectivity index (χ0n) is 12.5. The second kappa shape index (κ2) is 7.91. The summed E-state index contributed by atoms with van der Waals surface area (Å²) >= 11 is 2.05. The van der Waals surface area contributed by atoms with E-state index in [0.717, 1.165) is 31.9 Å². The number of hydrogen-bond acceptors (Lipinski definition) is 4. The van der Waals surface area contributed by atoms with Crippen LogP contribution in [0.15, 0.2) is 24.3 Å². The van der Waals surface area contributed by atoms with Crippen LogP contribution in [0.4, 0.5) is 0 Å². The largest absolute Gasteiger partial charge is 0.494 e. The first-order valence-electron chi connectivity index (χ1n) is 7.53. The lowest BCUT2D eigenvalue weighted by molar-refractivity contribution is 0.211. The van der Waals surface area contributed by atoms with Gasteiger partial charge in [-0.2, -0.15) is 11.8 Å². The van der Waals surface area contributed by atoms with Gasteiger partial charge in [0.2, 0.25) is 0 Å². The minimum absolute atomic E-state index is 0.332. The summed E-state index contributed by atoms with van der Waals surface area (Å²) in [5, 5.41) is 0.699. The first-order valence-corrected chi connectivity index (χ1v) is 8.58. The van der Waals surface area contributed by atoms with E-state index in [1.54, 1.807) is 0 Å².